The Morgan fingerprint density at radius 1 is 1.13 bits per heavy atom. The first-order chi connectivity index (χ1) is 21.3. The van der Waals surface area contributed by atoms with Crippen LogP contribution in [-0.2, 0) is 15.1 Å². The minimum atomic E-state index is -1.55. The molecule has 1 saturated heterocycles. The van der Waals surface area contributed by atoms with Gasteiger partial charge in [-0.15, -0.1) is 11.3 Å². The number of ether oxygens (including phenoxy) is 3. The van der Waals surface area contributed by atoms with Crippen LogP contribution < -0.4 is 4.74 Å². The molecule has 0 radical (unpaired) electrons. The maximum atomic E-state index is 12.8. The maximum Gasteiger partial charge on any atom is 0.410 e. The summed E-state index contributed by atoms with van der Waals surface area (Å²) >= 11 is 7.58. The number of thiophene rings is 1. The zero-order valence-electron chi connectivity index (χ0n) is 25.9. The molecule has 0 aliphatic carbocycles. The quantitative estimate of drug-likeness (QED) is 0.206. The molecule has 0 saturated carbocycles. The molecule has 2 atom stereocenters. The summed E-state index contributed by atoms with van der Waals surface area (Å²) in [7, 11) is 1.32. The van der Waals surface area contributed by atoms with Gasteiger partial charge >= 0.3 is 12.1 Å². The number of piperidine rings is 1. The van der Waals surface area contributed by atoms with Gasteiger partial charge in [0.05, 0.1) is 24.8 Å². The molecular weight excluding hydrogens is 618 g/mol. The average Bonchev–Trinajstić information content (AvgIpc) is 3.63. The molecule has 240 valence electrons. The van der Waals surface area contributed by atoms with Crippen molar-refractivity contribution in [1.82, 2.24) is 14.5 Å². The Morgan fingerprint density at radius 3 is 2.49 bits per heavy atom. The van der Waals surface area contributed by atoms with Crippen LogP contribution in [0, 0.1) is 5.92 Å². The number of likely N-dealkylation sites (tertiary alicyclic amines) is 1. The first-order valence-corrected chi connectivity index (χ1v) is 16.0. The fourth-order valence-electron chi connectivity index (χ4n) is 5.64. The van der Waals surface area contributed by atoms with E-state index in [0.29, 0.717) is 58.3 Å². The molecule has 0 bridgehead atoms. The van der Waals surface area contributed by atoms with E-state index in [4.69, 9.17) is 25.8 Å². The van der Waals surface area contributed by atoms with Gasteiger partial charge in [0.2, 0.25) is 0 Å². The number of benzene rings is 2. The number of amides is 1. The van der Waals surface area contributed by atoms with E-state index in [9.17, 15) is 19.8 Å². The van der Waals surface area contributed by atoms with Gasteiger partial charge in [-0.25, -0.2) is 14.6 Å². The molecule has 0 spiro atoms. The summed E-state index contributed by atoms with van der Waals surface area (Å²) in [6, 6.07) is 14.5. The smallest absolute Gasteiger partial charge is 0.410 e. The van der Waals surface area contributed by atoms with Gasteiger partial charge < -0.3 is 29.3 Å². The normalized spacial score (nSPS) is 16.3. The summed E-state index contributed by atoms with van der Waals surface area (Å²) in [5.41, 5.74) is 0.505. The van der Waals surface area contributed by atoms with E-state index in [0.717, 1.165) is 5.56 Å². The Balaban J connectivity index is 1.43. The van der Waals surface area contributed by atoms with Crippen molar-refractivity contribution < 1.29 is 34.0 Å². The number of methoxy groups -OCH3 is 1. The molecule has 12 heteroatoms. The van der Waals surface area contributed by atoms with E-state index < -0.39 is 29.9 Å². The van der Waals surface area contributed by atoms with Crippen LogP contribution in [0.25, 0.3) is 16.0 Å². The van der Waals surface area contributed by atoms with Gasteiger partial charge in [-0.3, -0.25) is 4.57 Å². The Kier molecular flexibility index (Phi) is 9.46. The van der Waals surface area contributed by atoms with E-state index in [1.165, 1.54) is 18.4 Å². The second-order valence-electron chi connectivity index (χ2n) is 12.2. The highest BCUT2D eigenvalue weighted by Gasteiger charge is 2.41. The number of aliphatic hydroxyl groups excluding tert-OH is 1. The van der Waals surface area contributed by atoms with Gasteiger partial charge in [0.25, 0.3) is 0 Å². The molecule has 1 fully saturated rings. The first kappa shape index (κ1) is 32.7. The minimum Gasteiger partial charge on any atom is -0.484 e. The summed E-state index contributed by atoms with van der Waals surface area (Å²) in [6.45, 7) is 7.64. The Bertz CT molecular complexity index is 1690. The molecule has 1 amide bonds. The third-order valence-corrected chi connectivity index (χ3v) is 9.49. The number of imidazole rings is 1. The summed E-state index contributed by atoms with van der Waals surface area (Å²) in [5.74, 6) is -0.491. The van der Waals surface area contributed by atoms with Crippen LogP contribution in [0.5, 0.6) is 5.75 Å². The van der Waals surface area contributed by atoms with Gasteiger partial charge in [-0.1, -0.05) is 35.9 Å². The molecule has 2 N–H and O–H groups in total. The highest BCUT2D eigenvalue weighted by Crippen LogP contribution is 2.40. The zero-order chi connectivity index (χ0) is 32.5. The van der Waals surface area contributed by atoms with E-state index >= 15 is 0 Å². The number of carbonyl (C=O) groups is 2. The predicted octanol–water partition coefficient (Wildman–Crippen LogP) is 6.49. The number of hydrogen-bond donors (Lipinski definition) is 2. The number of nitrogens with zero attached hydrogens (tertiary/aromatic N) is 3. The lowest BCUT2D eigenvalue weighted by atomic mass is 9.76. The van der Waals surface area contributed by atoms with Crippen molar-refractivity contribution in [3.8, 4) is 10.8 Å². The van der Waals surface area contributed by atoms with Gasteiger partial charge in [0.1, 0.15) is 34.4 Å². The topological polar surface area (TPSA) is 123 Å². The SMILES string of the molecule is COC(=O)c1sc(-n2cnc3ccc(C(O)(CO)C4CCN(C(=O)OC(C)(C)C)CC4)cc32)cc1O[C@H](C)c1ccccc1Cl. The highest BCUT2D eigenvalue weighted by atomic mass is 35.5. The van der Waals surface area contributed by atoms with Crippen molar-refractivity contribution >= 4 is 46.0 Å². The third-order valence-electron chi connectivity index (χ3n) is 8.05. The molecule has 1 aliphatic rings. The Hall–Kier alpha value is -3.64. The van der Waals surface area contributed by atoms with Gasteiger partial charge in [-0.05, 0) is 70.2 Å². The summed E-state index contributed by atoms with van der Waals surface area (Å²) < 4.78 is 18.6. The summed E-state index contributed by atoms with van der Waals surface area (Å²) in [6.07, 6.45) is 1.79. The van der Waals surface area contributed by atoms with E-state index in [1.54, 1.807) is 35.5 Å². The molecule has 10 nitrogen and oxygen atoms in total. The van der Waals surface area contributed by atoms with E-state index in [2.05, 4.69) is 4.98 Å². The van der Waals surface area contributed by atoms with Crippen LogP contribution in [0.4, 0.5) is 4.79 Å². The zero-order valence-corrected chi connectivity index (χ0v) is 27.5. The number of aromatic nitrogens is 2. The first-order valence-electron chi connectivity index (χ1n) is 14.8. The third kappa shape index (κ3) is 6.81. The highest BCUT2D eigenvalue weighted by molar-refractivity contribution is 7.16. The number of hydrogen-bond acceptors (Lipinski definition) is 9. The standard InChI is InChI=1S/C33H38ClN3O7S/c1-20(23-8-6-7-9-24(23)34)43-27-17-28(45-29(27)30(39)42-5)37-19-35-25-11-10-22(16-26(25)37)33(41,18-38)21-12-14-36(15-13-21)31(40)44-32(2,3)4/h6-11,16-17,19-21,38,41H,12-15,18H2,1-5H3/t20-,33?/m1/s1. The van der Waals surface area contributed by atoms with Crippen molar-refractivity contribution in [2.75, 3.05) is 26.8 Å². The lowest BCUT2D eigenvalue weighted by Crippen LogP contribution is -2.48. The largest absolute Gasteiger partial charge is 0.484 e. The second kappa shape index (κ2) is 13.0. The molecule has 45 heavy (non-hydrogen) atoms. The summed E-state index contributed by atoms with van der Waals surface area (Å²) in [4.78, 5) is 31.8. The monoisotopic (exact) mass is 655 g/mol. The van der Waals surface area contributed by atoms with Crippen LogP contribution >= 0.6 is 22.9 Å². The number of carbonyl (C=O) groups excluding carboxylic acids is 2. The van der Waals surface area contributed by atoms with Crippen molar-refractivity contribution in [2.24, 2.45) is 5.92 Å². The molecule has 3 heterocycles. The van der Waals surface area contributed by atoms with E-state index in [1.807, 2.05) is 56.5 Å². The van der Waals surface area contributed by atoms with Gasteiger partial charge in [0.15, 0.2) is 4.88 Å². The van der Waals surface area contributed by atoms with Crippen LogP contribution in [-0.4, -0.2) is 69.1 Å². The second-order valence-corrected chi connectivity index (χ2v) is 13.6. The Morgan fingerprint density at radius 2 is 1.84 bits per heavy atom. The lowest BCUT2D eigenvalue weighted by molar-refractivity contribution is -0.0858. The number of halogens is 1. The molecule has 1 aliphatic heterocycles. The van der Waals surface area contributed by atoms with Crippen LogP contribution in [0.15, 0.2) is 54.9 Å². The lowest BCUT2D eigenvalue weighted by Gasteiger charge is -2.41. The Labute approximate surface area is 271 Å². The van der Waals surface area contributed by atoms with Crippen LogP contribution in [0.1, 0.15) is 67.4 Å². The number of esters is 1. The number of fused-ring (bicyclic) bond motifs is 1. The van der Waals surface area contributed by atoms with Crippen molar-refractivity contribution in [2.45, 2.75) is 57.8 Å². The van der Waals surface area contributed by atoms with Crippen molar-refractivity contribution in [3.05, 3.63) is 75.9 Å². The average molecular weight is 656 g/mol. The minimum absolute atomic E-state index is 0.285. The van der Waals surface area contributed by atoms with Gasteiger partial charge in [-0.2, -0.15) is 0 Å². The fourth-order valence-corrected chi connectivity index (χ4v) is 6.92. The molecule has 2 aromatic heterocycles. The fraction of sp³-hybridized carbons (Fsp3) is 0.424. The maximum absolute atomic E-state index is 12.8. The van der Waals surface area contributed by atoms with Crippen molar-refractivity contribution in [3.63, 3.8) is 0 Å². The van der Waals surface area contributed by atoms with Gasteiger partial charge in [0, 0.05) is 29.7 Å². The summed E-state index contributed by atoms with van der Waals surface area (Å²) in [5, 5.41) is 23.6. The van der Waals surface area contributed by atoms with Crippen LogP contribution in [0.2, 0.25) is 5.02 Å². The number of rotatable bonds is 8. The predicted molar refractivity (Wildman–Crippen MR) is 172 cm³/mol. The van der Waals surface area contributed by atoms with E-state index in [-0.39, 0.29) is 16.9 Å². The molecular formula is C33H38ClN3O7S. The molecule has 4 aromatic rings. The van der Waals surface area contributed by atoms with Crippen LogP contribution in [0.3, 0.4) is 0 Å². The molecule has 1 unspecified atom stereocenters. The molecule has 2 aromatic carbocycles. The van der Waals surface area contributed by atoms with Crippen molar-refractivity contribution in [1.29, 1.82) is 0 Å². The molecule has 5 rings (SSSR count). The number of aliphatic hydroxyl groups is 2.